The van der Waals surface area contributed by atoms with Gasteiger partial charge in [-0.3, -0.25) is 4.90 Å². The summed E-state index contributed by atoms with van der Waals surface area (Å²) in [5.41, 5.74) is 0.581. The normalized spacial score (nSPS) is 22.3. The first-order valence-corrected chi connectivity index (χ1v) is 3.78. The molecule has 0 bridgehead atoms. The van der Waals surface area contributed by atoms with E-state index in [1.54, 1.807) is 4.90 Å². The van der Waals surface area contributed by atoms with E-state index in [0.29, 0.717) is 6.54 Å². The minimum absolute atomic E-state index is 0.0394. The highest BCUT2D eigenvalue weighted by atomic mass is 16.2. The van der Waals surface area contributed by atoms with Crippen molar-refractivity contribution in [3.05, 3.63) is 12.3 Å². The molecule has 0 aromatic rings. The van der Waals surface area contributed by atoms with Crippen LogP contribution in [0.5, 0.6) is 0 Å². The Labute approximate surface area is 67.1 Å². The third-order valence-corrected chi connectivity index (χ3v) is 2.03. The largest absolute Gasteiger partial charge is 0.327 e. The van der Waals surface area contributed by atoms with Crippen molar-refractivity contribution in [1.82, 2.24) is 10.2 Å². The van der Waals surface area contributed by atoms with Crippen molar-refractivity contribution in [2.24, 2.45) is 0 Å². The molecule has 1 saturated heterocycles. The van der Waals surface area contributed by atoms with Gasteiger partial charge in [-0.05, 0) is 20.8 Å². The summed E-state index contributed by atoms with van der Waals surface area (Å²) in [4.78, 5) is 12.8. The average Bonchev–Trinajstić information content (AvgIpc) is 2.04. The molecule has 11 heavy (non-hydrogen) atoms. The van der Waals surface area contributed by atoms with E-state index in [2.05, 4.69) is 11.9 Å². The monoisotopic (exact) mass is 154 g/mol. The quantitative estimate of drug-likeness (QED) is 0.607. The number of nitrogens with one attached hydrogen (secondary N) is 1. The van der Waals surface area contributed by atoms with Gasteiger partial charge < -0.3 is 5.32 Å². The third-order valence-electron chi connectivity index (χ3n) is 2.03. The average molecular weight is 154 g/mol. The molecule has 1 fully saturated rings. The molecule has 0 saturated carbocycles. The zero-order chi connectivity index (χ0) is 8.65. The lowest BCUT2D eigenvalue weighted by atomic mass is 10.0. The molecule has 0 aromatic heterocycles. The van der Waals surface area contributed by atoms with Crippen molar-refractivity contribution in [2.45, 2.75) is 26.3 Å². The van der Waals surface area contributed by atoms with E-state index in [0.717, 1.165) is 5.70 Å². The summed E-state index contributed by atoms with van der Waals surface area (Å²) in [5.74, 6) is 0. The molecule has 0 spiro atoms. The van der Waals surface area contributed by atoms with Crippen LogP contribution in [0.2, 0.25) is 0 Å². The fraction of sp³-hybridized carbons (Fsp3) is 0.625. The van der Waals surface area contributed by atoms with Gasteiger partial charge >= 0.3 is 6.03 Å². The van der Waals surface area contributed by atoms with Crippen LogP contribution in [0.25, 0.3) is 0 Å². The van der Waals surface area contributed by atoms with E-state index in [1.807, 2.05) is 20.8 Å². The van der Waals surface area contributed by atoms with Gasteiger partial charge in [0, 0.05) is 12.2 Å². The minimum Gasteiger partial charge on any atom is -0.327 e. The SMILES string of the molecule is C=C1N(CC)C(=O)NC1(C)C. The molecule has 1 heterocycles. The highest BCUT2D eigenvalue weighted by molar-refractivity contribution is 5.81. The maximum Gasteiger partial charge on any atom is 0.322 e. The predicted molar refractivity (Wildman–Crippen MR) is 44.1 cm³/mol. The van der Waals surface area contributed by atoms with Gasteiger partial charge in [0.25, 0.3) is 0 Å². The Hall–Kier alpha value is -0.990. The Morgan fingerprint density at radius 1 is 1.64 bits per heavy atom. The Morgan fingerprint density at radius 2 is 2.18 bits per heavy atom. The van der Waals surface area contributed by atoms with Gasteiger partial charge in [0.1, 0.15) is 0 Å². The lowest BCUT2D eigenvalue weighted by Gasteiger charge is -2.19. The fourth-order valence-corrected chi connectivity index (χ4v) is 1.20. The number of rotatable bonds is 1. The van der Waals surface area contributed by atoms with Crippen LogP contribution in [0.15, 0.2) is 12.3 Å². The lowest BCUT2D eigenvalue weighted by Crippen LogP contribution is -2.35. The number of carbonyl (C=O) groups excluding carboxylic acids is 1. The zero-order valence-electron chi connectivity index (χ0n) is 7.27. The number of hydrogen-bond acceptors (Lipinski definition) is 1. The van der Waals surface area contributed by atoms with Gasteiger partial charge in [0.05, 0.1) is 5.54 Å². The molecule has 0 unspecified atom stereocenters. The topological polar surface area (TPSA) is 32.3 Å². The van der Waals surface area contributed by atoms with E-state index in [9.17, 15) is 4.79 Å². The summed E-state index contributed by atoms with van der Waals surface area (Å²) >= 11 is 0. The highest BCUT2D eigenvalue weighted by Crippen LogP contribution is 2.24. The summed E-state index contributed by atoms with van der Waals surface area (Å²) < 4.78 is 0. The molecule has 0 aromatic carbocycles. The second-order valence-corrected chi connectivity index (χ2v) is 3.25. The standard InChI is InChI=1S/C8H14N2O/c1-5-10-6(2)8(3,4)9-7(10)11/h2,5H2,1,3-4H3,(H,9,11). The van der Waals surface area contributed by atoms with E-state index < -0.39 is 0 Å². The first-order chi connectivity index (χ1) is 4.99. The van der Waals surface area contributed by atoms with Crippen LogP contribution in [0.1, 0.15) is 20.8 Å². The predicted octanol–water partition coefficient (Wildman–Crippen LogP) is 1.32. The van der Waals surface area contributed by atoms with Crippen molar-refractivity contribution in [3.8, 4) is 0 Å². The maximum atomic E-state index is 11.2. The van der Waals surface area contributed by atoms with Crippen molar-refractivity contribution in [3.63, 3.8) is 0 Å². The van der Waals surface area contributed by atoms with E-state index >= 15 is 0 Å². The number of carbonyl (C=O) groups is 1. The van der Waals surface area contributed by atoms with Crippen LogP contribution in [-0.4, -0.2) is 23.0 Å². The molecule has 62 valence electrons. The smallest absolute Gasteiger partial charge is 0.322 e. The molecule has 1 rings (SSSR count). The number of likely N-dealkylation sites (N-methyl/N-ethyl adjacent to an activating group) is 1. The second kappa shape index (κ2) is 2.26. The molecule has 0 aliphatic carbocycles. The van der Waals surface area contributed by atoms with Gasteiger partial charge in [-0.2, -0.15) is 0 Å². The Morgan fingerprint density at radius 3 is 2.36 bits per heavy atom. The van der Waals surface area contributed by atoms with Crippen LogP contribution in [-0.2, 0) is 0 Å². The van der Waals surface area contributed by atoms with Crippen LogP contribution in [0.4, 0.5) is 4.79 Å². The molecule has 3 heteroatoms. The zero-order valence-corrected chi connectivity index (χ0v) is 7.27. The van der Waals surface area contributed by atoms with Crippen LogP contribution in [0.3, 0.4) is 0 Å². The Balaban J connectivity index is 2.88. The van der Waals surface area contributed by atoms with Gasteiger partial charge in [-0.25, -0.2) is 4.79 Å². The summed E-state index contributed by atoms with van der Waals surface area (Å²) in [7, 11) is 0. The van der Waals surface area contributed by atoms with Gasteiger partial charge in [0.15, 0.2) is 0 Å². The summed E-state index contributed by atoms with van der Waals surface area (Å²) in [6.07, 6.45) is 0. The van der Waals surface area contributed by atoms with E-state index in [1.165, 1.54) is 0 Å². The fourth-order valence-electron chi connectivity index (χ4n) is 1.20. The molecule has 1 aliphatic heterocycles. The summed E-state index contributed by atoms with van der Waals surface area (Å²) in [5, 5.41) is 2.83. The van der Waals surface area contributed by atoms with Crippen molar-refractivity contribution < 1.29 is 4.79 Å². The third kappa shape index (κ3) is 1.11. The molecule has 3 nitrogen and oxygen atoms in total. The maximum absolute atomic E-state index is 11.2. The Bertz CT molecular complexity index is 208. The van der Waals surface area contributed by atoms with Crippen molar-refractivity contribution >= 4 is 6.03 Å². The summed E-state index contributed by atoms with van der Waals surface area (Å²) in [6.45, 7) is 10.4. The van der Waals surface area contributed by atoms with Crippen LogP contribution < -0.4 is 5.32 Å². The van der Waals surface area contributed by atoms with Crippen molar-refractivity contribution in [1.29, 1.82) is 0 Å². The summed E-state index contributed by atoms with van der Waals surface area (Å²) in [6, 6.07) is -0.0394. The van der Waals surface area contributed by atoms with Gasteiger partial charge in [-0.1, -0.05) is 6.58 Å². The first-order valence-electron chi connectivity index (χ1n) is 3.78. The number of amides is 2. The molecule has 1 aliphatic rings. The van der Waals surface area contributed by atoms with Gasteiger partial charge in [-0.15, -0.1) is 0 Å². The molecule has 1 N–H and O–H groups in total. The molecule has 2 amide bonds. The number of urea groups is 1. The Kier molecular flexibility index (Phi) is 1.66. The highest BCUT2D eigenvalue weighted by Gasteiger charge is 2.37. The van der Waals surface area contributed by atoms with Crippen LogP contribution in [0, 0.1) is 0 Å². The van der Waals surface area contributed by atoms with E-state index in [4.69, 9.17) is 0 Å². The molecular formula is C8H14N2O. The molecule has 0 atom stereocenters. The lowest BCUT2D eigenvalue weighted by molar-refractivity contribution is 0.224. The first kappa shape index (κ1) is 8.11. The van der Waals surface area contributed by atoms with Crippen LogP contribution >= 0.6 is 0 Å². The second-order valence-electron chi connectivity index (χ2n) is 3.25. The number of hydrogen-bond donors (Lipinski definition) is 1. The molecular weight excluding hydrogens is 140 g/mol. The minimum atomic E-state index is -0.271. The molecule has 0 radical (unpaired) electrons. The van der Waals surface area contributed by atoms with Gasteiger partial charge in [0.2, 0.25) is 0 Å². The van der Waals surface area contributed by atoms with E-state index in [-0.39, 0.29) is 11.6 Å². The van der Waals surface area contributed by atoms with Crippen molar-refractivity contribution in [2.75, 3.05) is 6.54 Å². The number of nitrogens with zero attached hydrogens (tertiary/aromatic N) is 1.